The molecule has 2 aromatic carbocycles. The molecule has 4 aromatic rings. The zero-order valence-electron chi connectivity index (χ0n) is 16.5. The fourth-order valence-corrected chi connectivity index (χ4v) is 4.55. The number of carboxylic acid groups (broad SMARTS) is 1. The molecule has 30 heavy (non-hydrogen) atoms. The van der Waals surface area contributed by atoms with E-state index < -0.39 is 5.97 Å². The number of aliphatic carboxylic acids is 1. The molecule has 152 valence electrons. The first-order valence-corrected chi connectivity index (χ1v) is 9.97. The molecule has 7 heteroatoms. The van der Waals surface area contributed by atoms with Crippen LogP contribution in [0.4, 0.5) is 10.3 Å². The van der Waals surface area contributed by atoms with Crippen LogP contribution in [-0.2, 0) is 24.2 Å². The average molecular weight is 404 g/mol. The minimum Gasteiger partial charge on any atom is -0.480 e. The first-order chi connectivity index (χ1) is 14.5. The van der Waals surface area contributed by atoms with E-state index in [2.05, 4.69) is 9.88 Å². The Hall–Kier alpha value is -3.48. The van der Waals surface area contributed by atoms with Crippen LogP contribution >= 0.6 is 0 Å². The molecular formula is C23H21FN4O2. The van der Waals surface area contributed by atoms with Crippen LogP contribution in [0.25, 0.3) is 21.8 Å². The molecule has 1 N–H and O–H groups in total. The van der Waals surface area contributed by atoms with Crippen LogP contribution in [0.3, 0.4) is 0 Å². The van der Waals surface area contributed by atoms with E-state index in [1.807, 2.05) is 42.1 Å². The van der Waals surface area contributed by atoms with E-state index in [0.29, 0.717) is 12.4 Å². The first kappa shape index (κ1) is 18.5. The number of likely N-dealkylation sites (N-methyl/N-ethyl adjacent to an activating group) is 1. The van der Waals surface area contributed by atoms with Gasteiger partial charge in [-0.25, -0.2) is 14.4 Å². The number of benzene rings is 2. The molecule has 1 atom stereocenters. The summed E-state index contributed by atoms with van der Waals surface area (Å²) in [5, 5.41) is 11.1. The van der Waals surface area contributed by atoms with Crippen molar-refractivity contribution in [2.24, 2.45) is 0 Å². The number of carbonyl (C=O) groups is 1. The van der Waals surface area contributed by atoms with Crippen molar-refractivity contribution in [1.82, 2.24) is 14.5 Å². The van der Waals surface area contributed by atoms with Gasteiger partial charge in [0.1, 0.15) is 12.4 Å². The van der Waals surface area contributed by atoms with E-state index >= 15 is 0 Å². The minimum absolute atomic E-state index is 0.119. The standard InChI is InChI=1S/C23H21FN4O2/c1-27(23-25-12-14-4-2-3-5-19(14)26-23)16-7-9-21-18(11-16)17-10-15(24)6-8-20(17)28(21)13-22(29)30/h2-6,8,10,12,16H,7,9,11,13H2,1H3,(H,29,30)/t16-/m0/s1. The lowest BCUT2D eigenvalue weighted by Gasteiger charge is -2.32. The molecule has 0 aliphatic heterocycles. The molecule has 0 saturated carbocycles. The lowest BCUT2D eigenvalue weighted by atomic mass is 9.90. The van der Waals surface area contributed by atoms with Crippen LogP contribution in [0.15, 0.2) is 48.7 Å². The summed E-state index contributed by atoms with van der Waals surface area (Å²) in [6, 6.07) is 12.6. The summed E-state index contributed by atoms with van der Waals surface area (Å²) in [6.45, 7) is -0.119. The second-order valence-electron chi connectivity index (χ2n) is 7.80. The number of carboxylic acids is 1. The Labute approximate surface area is 172 Å². The Morgan fingerprint density at radius 1 is 1.30 bits per heavy atom. The molecule has 0 unspecified atom stereocenters. The molecule has 0 saturated heterocycles. The normalized spacial score (nSPS) is 16.0. The molecule has 0 bridgehead atoms. The third-order valence-electron chi connectivity index (χ3n) is 6.04. The number of nitrogens with zero attached hydrogens (tertiary/aromatic N) is 4. The third kappa shape index (κ3) is 3.07. The highest BCUT2D eigenvalue weighted by Gasteiger charge is 2.29. The van der Waals surface area contributed by atoms with Crippen LogP contribution in [0.2, 0.25) is 0 Å². The number of aromatic nitrogens is 3. The van der Waals surface area contributed by atoms with E-state index in [4.69, 9.17) is 4.98 Å². The summed E-state index contributed by atoms with van der Waals surface area (Å²) in [5.74, 6) is -0.559. The van der Waals surface area contributed by atoms with Crippen molar-refractivity contribution in [3.63, 3.8) is 0 Å². The van der Waals surface area contributed by atoms with Gasteiger partial charge in [-0.15, -0.1) is 0 Å². The van der Waals surface area contributed by atoms with Crippen LogP contribution in [0.5, 0.6) is 0 Å². The van der Waals surface area contributed by atoms with Crippen molar-refractivity contribution < 1.29 is 14.3 Å². The molecule has 0 radical (unpaired) electrons. The SMILES string of the molecule is CN(c1ncc2ccccc2n1)[C@H]1CCc2c(c3cc(F)ccc3n2CC(=O)O)C1. The van der Waals surface area contributed by atoms with Crippen LogP contribution in [-0.4, -0.2) is 38.7 Å². The highest BCUT2D eigenvalue weighted by Crippen LogP contribution is 2.34. The molecule has 0 fully saturated rings. The van der Waals surface area contributed by atoms with Crippen molar-refractivity contribution >= 4 is 33.7 Å². The lowest BCUT2D eigenvalue weighted by molar-refractivity contribution is -0.137. The Bertz CT molecular complexity index is 1280. The van der Waals surface area contributed by atoms with Crippen molar-refractivity contribution in [3.05, 3.63) is 65.7 Å². The first-order valence-electron chi connectivity index (χ1n) is 9.97. The smallest absolute Gasteiger partial charge is 0.323 e. The van der Waals surface area contributed by atoms with Crippen LogP contribution < -0.4 is 4.90 Å². The van der Waals surface area contributed by atoms with Gasteiger partial charge in [-0.05, 0) is 49.1 Å². The number of anilines is 1. The van der Waals surface area contributed by atoms with Gasteiger partial charge in [-0.2, -0.15) is 0 Å². The van der Waals surface area contributed by atoms with E-state index in [1.165, 1.54) is 12.1 Å². The molecule has 2 aromatic heterocycles. The van der Waals surface area contributed by atoms with Crippen molar-refractivity contribution in [2.45, 2.75) is 31.8 Å². The van der Waals surface area contributed by atoms with Crippen molar-refractivity contribution in [1.29, 1.82) is 0 Å². The highest BCUT2D eigenvalue weighted by molar-refractivity contribution is 5.87. The van der Waals surface area contributed by atoms with E-state index in [9.17, 15) is 14.3 Å². The topological polar surface area (TPSA) is 71.2 Å². The zero-order valence-corrected chi connectivity index (χ0v) is 16.5. The predicted molar refractivity (Wildman–Crippen MR) is 113 cm³/mol. The number of rotatable bonds is 4. The van der Waals surface area contributed by atoms with Gasteiger partial charge in [0.2, 0.25) is 5.95 Å². The quantitative estimate of drug-likeness (QED) is 0.560. The molecule has 6 nitrogen and oxygen atoms in total. The average Bonchev–Trinajstić information content (AvgIpc) is 3.04. The van der Waals surface area contributed by atoms with Crippen molar-refractivity contribution in [2.75, 3.05) is 11.9 Å². The zero-order chi connectivity index (χ0) is 20.8. The number of hydrogen-bond acceptors (Lipinski definition) is 4. The van der Waals surface area contributed by atoms with Gasteiger partial charge in [-0.1, -0.05) is 18.2 Å². The van der Waals surface area contributed by atoms with Gasteiger partial charge in [0.15, 0.2) is 0 Å². The van der Waals surface area contributed by atoms with Gasteiger partial charge in [0, 0.05) is 41.3 Å². The summed E-state index contributed by atoms with van der Waals surface area (Å²) >= 11 is 0. The monoisotopic (exact) mass is 404 g/mol. The minimum atomic E-state index is -0.900. The Balaban J connectivity index is 1.52. The van der Waals surface area contributed by atoms with Crippen LogP contribution in [0, 0.1) is 5.82 Å². The van der Waals surface area contributed by atoms with E-state index in [0.717, 1.165) is 45.9 Å². The summed E-state index contributed by atoms with van der Waals surface area (Å²) < 4.78 is 15.8. The second kappa shape index (κ2) is 7.09. The molecule has 1 aliphatic rings. The molecular weight excluding hydrogens is 383 g/mol. The number of fused-ring (bicyclic) bond motifs is 4. The molecule has 0 spiro atoms. The summed E-state index contributed by atoms with van der Waals surface area (Å²) in [4.78, 5) is 22.7. The highest BCUT2D eigenvalue weighted by atomic mass is 19.1. The third-order valence-corrected chi connectivity index (χ3v) is 6.04. The van der Waals surface area contributed by atoms with Gasteiger partial charge < -0.3 is 14.6 Å². The summed E-state index contributed by atoms with van der Waals surface area (Å²) in [7, 11) is 1.98. The number of para-hydroxylation sites is 1. The Morgan fingerprint density at radius 3 is 2.97 bits per heavy atom. The molecule has 1 aliphatic carbocycles. The van der Waals surface area contributed by atoms with E-state index in [-0.39, 0.29) is 18.4 Å². The molecule has 5 rings (SSSR count). The summed E-state index contributed by atoms with van der Waals surface area (Å²) in [5.41, 5.74) is 3.68. The van der Waals surface area contributed by atoms with E-state index in [1.54, 1.807) is 6.07 Å². The number of hydrogen-bond donors (Lipinski definition) is 1. The van der Waals surface area contributed by atoms with Gasteiger partial charge >= 0.3 is 5.97 Å². The maximum Gasteiger partial charge on any atom is 0.323 e. The second-order valence-corrected chi connectivity index (χ2v) is 7.80. The van der Waals surface area contributed by atoms with Gasteiger partial charge in [0.05, 0.1) is 5.52 Å². The maximum atomic E-state index is 14.0. The Morgan fingerprint density at radius 2 is 2.13 bits per heavy atom. The Kier molecular flexibility index (Phi) is 4.38. The van der Waals surface area contributed by atoms with Gasteiger partial charge in [0.25, 0.3) is 0 Å². The van der Waals surface area contributed by atoms with Crippen LogP contribution in [0.1, 0.15) is 17.7 Å². The molecule has 2 heterocycles. The fourth-order valence-electron chi connectivity index (χ4n) is 4.55. The summed E-state index contributed by atoms with van der Waals surface area (Å²) in [6.07, 6.45) is 4.09. The van der Waals surface area contributed by atoms with Gasteiger partial charge in [-0.3, -0.25) is 4.79 Å². The lowest BCUT2D eigenvalue weighted by Crippen LogP contribution is -2.37. The maximum absolute atomic E-state index is 14.0. The van der Waals surface area contributed by atoms with Crippen molar-refractivity contribution in [3.8, 4) is 0 Å². The molecule has 0 amide bonds. The largest absolute Gasteiger partial charge is 0.480 e. The number of halogens is 1. The predicted octanol–water partition coefficient (Wildman–Crippen LogP) is 3.80. The fraction of sp³-hybridized carbons (Fsp3) is 0.261.